The first-order chi connectivity index (χ1) is 8.08. The third kappa shape index (κ3) is 4.02. The summed E-state index contributed by atoms with van der Waals surface area (Å²) < 4.78 is 5.17. The van der Waals surface area contributed by atoms with E-state index in [1.165, 1.54) is 5.56 Å². The van der Waals surface area contributed by atoms with Gasteiger partial charge in [0.25, 0.3) is 0 Å². The molecule has 0 amide bonds. The van der Waals surface area contributed by atoms with Crippen LogP contribution in [-0.4, -0.2) is 36.3 Å². The average molecular weight is 237 g/mol. The van der Waals surface area contributed by atoms with Gasteiger partial charge in [-0.25, -0.2) is 0 Å². The van der Waals surface area contributed by atoms with Crippen LogP contribution in [0.1, 0.15) is 25.0 Å². The van der Waals surface area contributed by atoms with Gasteiger partial charge in [-0.3, -0.25) is 4.90 Å². The summed E-state index contributed by atoms with van der Waals surface area (Å²) >= 11 is 0. The van der Waals surface area contributed by atoms with Crippen LogP contribution >= 0.6 is 0 Å². The molecule has 0 saturated carbocycles. The summed E-state index contributed by atoms with van der Waals surface area (Å²) in [5, 5.41) is 9.83. The first-order valence-electron chi connectivity index (χ1n) is 6.10. The molecule has 0 aliphatic heterocycles. The summed E-state index contributed by atoms with van der Waals surface area (Å²) in [6, 6.07) is 6.08. The van der Waals surface area contributed by atoms with E-state index in [9.17, 15) is 5.11 Å². The Morgan fingerprint density at radius 2 is 2.12 bits per heavy atom. The lowest BCUT2D eigenvalue weighted by Gasteiger charge is -2.27. The lowest BCUT2D eigenvalue weighted by molar-refractivity contribution is 0.0977. The van der Waals surface area contributed by atoms with Crippen molar-refractivity contribution in [3.8, 4) is 5.75 Å². The molecule has 3 heteroatoms. The minimum Gasteiger partial charge on any atom is -0.508 e. The van der Waals surface area contributed by atoms with Crippen molar-refractivity contribution in [3.63, 3.8) is 0 Å². The van der Waals surface area contributed by atoms with E-state index in [0.29, 0.717) is 18.4 Å². The number of methoxy groups -OCH3 is 1. The molecular weight excluding hydrogens is 214 g/mol. The van der Waals surface area contributed by atoms with Crippen LogP contribution in [0.5, 0.6) is 5.75 Å². The maximum atomic E-state index is 9.83. The zero-order valence-corrected chi connectivity index (χ0v) is 11.2. The minimum atomic E-state index is 0.352. The number of aromatic hydroxyl groups is 1. The highest BCUT2D eigenvalue weighted by Gasteiger charge is 2.14. The summed E-state index contributed by atoms with van der Waals surface area (Å²) in [5.74, 6) is 0.374. The molecule has 0 aliphatic rings. The molecule has 0 heterocycles. The number of ether oxygens (including phenoxy) is 1. The maximum Gasteiger partial charge on any atom is 0.120 e. The number of rotatable bonds is 6. The van der Waals surface area contributed by atoms with Crippen LogP contribution in [0.3, 0.4) is 0 Å². The summed E-state index contributed by atoms with van der Waals surface area (Å²) in [7, 11) is 1.72. The van der Waals surface area contributed by atoms with Crippen molar-refractivity contribution in [1.82, 2.24) is 4.90 Å². The molecule has 0 bridgehead atoms. The van der Waals surface area contributed by atoms with Crippen LogP contribution in [0.25, 0.3) is 0 Å². The molecular formula is C14H23NO2. The minimum absolute atomic E-state index is 0.352. The Bertz CT molecular complexity index is 352. The maximum absolute atomic E-state index is 9.83. The number of benzene rings is 1. The predicted octanol–water partition coefficient (Wildman–Crippen LogP) is 2.56. The van der Waals surface area contributed by atoms with Crippen molar-refractivity contribution in [2.24, 2.45) is 0 Å². The van der Waals surface area contributed by atoms with Crippen molar-refractivity contribution in [2.45, 2.75) is 33.4 Å². The molecule has 1 aromatic carbocycles. The highest BCUT2D eigenvalue weighted by atomic mass is 16.5. The fourth-order valence-corrected chi connectivity index (χ4v) is 1.99. The molecule has 17 heavy (non-hydrogen) atoms. The SMILES string of the molecule is CCN(Cc1cc(C)ccc1O)C(C)COC. The van der Waals surface area contributed by atoms with Gasteiger partial charge in [0.2, 0.25) is 0 Å². The van der Waals surface area contributed by atoms with E-state index in [1.807, 2.05) is 19.1 Å². The monoisotopic (exact) mass is 237 g/mol. The predicted molar refractivity (Wildman–Crippen MR) is 70.3 cm³/mol. The number of likely N-dealkylation sites (N-methyl/N-ethyl adjacent to an activating group) is 1. The molecule has 3 nitrogen and oxygen atoms in total. The Labute approximate surface area is 104 Å². The van der Waals surface area contributed by atoms with Gasteiger partial charge in [-0.15, -0.1) is 0 Å². The Morgan fingerprint density at radius 1 is 1.41 bits per heavy atom. The van der Waals surface area contributed by atoms with Gasteiger partial charge < -0.3 is 9.84 Å². The van der Waals surface area contributed by atoms with E-state index in [0.717, 1.165) is 18.7 Å². The number of hydrogen-bond acceptors (Lipinski definition) is 3. The first-order valence-corrected chi connectivity index (χ1v) is 6.10. The zero-order valence-electron chi connectivity index (χ0n) is 11.2. The number of phenols is 1. The Balaban J connectivity index is 2.76. The number of nitrogens with zero attached hydrogens (tertiary/aromatic N) is 1. The number of aryl methyl sites for hydroxylation is 1. The third-order valence-electron chi connectivity index (χ3n) is 3.05. The largest absolute Gasteiger partial charge is 0.508 e. The fourth-order valence-electron chi connectivity index (χ4n) is 1.99. The van der Waals surface area contributed by atoms with E-state index in [-0.39, 0.29) is 0 Å². The zero-order chi connectivity index (χ0) is 12.8. The van der Waals surface area contributed by atoms with Gasteiger partial charge in [0, 0.05) is 25.3 Å². The van der Waals surface area contributed by atoms with Crippen molar-refractivity contribution in [2.75, 3.05) is 20.3 Å². The van der Waals surface area contributed by atoms with E-state index >= 15 is 0 Å². The lowest BCUT2D eigenvalue weighted by Crippen LogP contribution is -2.35. The topological polar surface area (TPSA) is 32.7 Å². The van der Waals surface area contributed by atoms with Gasteiger partial charge in [0.1, 0.15) is 5.75 Å². The van der Waals surface area contributed by atoms with Crippen molar-refractivity contribution in [3.05, 3.63) is 29.3 Å². The normalized spacial score (nSPS) is 13.0. The lowest BCUT2D eigenvalue weighted by atomic mass is 10.1. The molecule has 1 unspecified atom stereocenters. The molecule has 96 valence electrons. The van der Waals surface area contributed by atoms with Crippen molar-refractivity contribution < 1.29 is 9.84 Å². The van der Waals surface area contributed by atoms with Crippen LogP contribution in [0.2, 0.25) is 0 Å². The molecule has 1 N–H and O–H groups in total. The molecule has 0 saturated heterocycles. The van der Waals surface area contributed by atoms with Crippen LogP contribution in [0.4, 0.5) is 0 Å². The Kier molecular flexibility index (Phi) is 5.45. The molecule has 0 radical (unpaired) electrons. The molecule has 1 atom stereocenters. The van der Waals surface area contributed by atoms with Crippen LogP contribution in [-0.2, 0) is 11.3 Å². The number of phenolic OH excluding ortho intramolecular Hbond substituents is 1. The van der Waals surface area contributed by atoms with E-state index in [2.05, 4.69) is 18.7 Å². The second kappa shape index (κ2) is 6.62. The highest BCUT2D eigenvalue weighted by Crippen LogP contribution is 2.20. The van der Waals surface area contributed by atoms with Gasteiger partial charge in [-0.2, -0.15) is 0 Å². The Morgan fingerprint density at radius 3 is 2.71 bits per heavy atom. The van der Waals surface area contributed by atoms with Gasteiger partial charge >= 0.3 is 0 Å². The summed E-state index contributed by atoms with van der Waals surface area (Å²) in [5.41, 5.74) is 2.16. The van der Waals surface area contributed by atoms with Crippen LogP contribution < -0.4 is 0 Å². The molecule has 0 aromatic heterocycles. The van der Waals surface area contributed by atoms with Gasteiger partial charge in [0.15, 0.2) is 0 Å². The van der Waals surface area contributed by atoms with Crippen molar-refractivity contribution in [1.29, 1.82) is 0 Å². The molecule has 0 aliphatic carbocycles. The first kappa shape index (κ1) is 14.0. The number of hydrogen-bond donors (Lipinski definition) is 1. The van der Waals surface area contributed by atoms with E-state index < -0.39 is 0 Å². The smallest absolute Gasteiger partial charge is 0.120 e. The standard InChI is InChI=1S/C14H23NO2/c1-5-15(12(3)10-17-4)9-13-8-11(2)6-7-14(13)16/h6-8,12,16H,5,9-10H2,1-4H3. The summed E-state index contributed by atoms with van der Waals surface area (Å²) in [4.78, 5) is 2.29. The molecule has 0 spiro atoms. The van der Waals surface area contributed by atoms with Crippen molar-refractivity contribution >= 4 is 0 Å². The average Bonchev–Trinajstić information content (AvgIpc) is 2.30. The van der Waals surface area contributed by atoms with E-state index in [1.54, 1.807) is 13.2 Å². The second-order valence-corrected chi connectivity index (χ2v) is 4.50. The quantitative estimate of drug-likeness (QED) is 0.825. The molecule has 0 fully saturated rings. The van der Waals surface area contributed by atoms with Crippen LogP contribution in [0, 0.1) is 6.92 Å². The highest BCUT2D eigenvalue weighted by molar-refractivity contribution is 5.35. The van der Waals surface area contributed by atoms with Gasteiger partial charge in [0.05, 0.1) is 6.61 Å². The summed E-state index contributed by atoms with van der Waals surface area (Å²) in [6.45, 7) is 8.71. The molecule has 1 aromatic rings. The van der Waals surface area contributed by atoms with Gasteiger partial charge in [-0.05, 0) is 26.5 Å². The van der Waals surface area contributed by atoms with Gasteiger partial charge in [-0.1, -0.05) is 24.6 Å². The second-order valence-electron chi connectivity index (χ2n) is 4.50. The third-order valence-corrected chi connectivity index (χ3v) is 3.05. The Hall–Kier alpha value is -1.06. The van der Waals surface area contributed by atoms with Crippen LogP contribution in [0.15, 0.2) is 18.2 Å². The summed E-state index contributed by atoms with van der Waals surface area (Å²) in [6.07, 6.45) is 0. The van der Waals surface area contributed by atoms with E-state index in [4.69, 9.17) is 4.74 Å². The molecule has 1 rings (SSSR count). The fraction of sp³-hybridized carbons (Fsp3) is 0.571.